The third-order valence-corrected chi connectivity index (χ3v) is 3.07. The summed E-state index contributed by atoms with van der Waals surface area (Å²) in [5.74, 6) is -0.127. The van der Waals surface area contributed by atoms with E-state index < -0.39 is 42.9 Å². The molecule has 0 spiro atoms. The number of hydrogen-bond acceptors (Lipinski definition) is 7. The summed E-state index contributed by atoms with van der Waals surface area (Å²) in [6.07, 6.45) is -5.25. The highest BCUT2D eigenvalue weighted by Crippen LogP contribution is 2.38. The van der Waals surface area contributed by atoms with Crippen molar-refractivity contribution in [2.24, 2.45) is 5.11 Å². The predicted octanol–water partition coefficient (Wildman–Crippen LogP) is -0.905. The molecule has 0 amide bonds. The summed E-state index contributed by atoms with van der Waals surface area (Å²) >= 11 is 0. The first-order chi connectivity index (χ1) is 10.6. The molecule has 1 saturated heterocycles. The molecule has 0 radical (unpaired) electrons. The molecule has 21 heavy (non-hydrogen) atoms. The predicted molar refractivity (Wildman–Crippen MR) is 67.8 cm³/mol. The first-order valence-corrected chi connectivity index (χ1v) is 5.72. The number of ether oxygens (including phenoxy) is 1. The van der Waals surface area contributed by atoms with E-state index in [1.54, 1.807) is 0 Å². The van der Waals surface area contributed by atoms with Crippen molar-refractivity contribution >= 4 is 5.82 Å². The maximum absolute atomic E-state index is 14.4. The number of azide groups is 1. The zero-order valence-electron chi connectivity index (χ0n) is 12.5. The van der Waals surface area contributed by atoms with Crippen LogP contribution in [0.15, 0.2) is 22.2 Å². The summed E-state index contributed by atoms with van der Waals surface area (Å²) in [7, 11) is 0. The number of aromatic nitrogens is 2. The summed E-state index contributed by atoms with van der Waals surface area (Å²) in [5, 5.41) is 22.7. The number of halogens is 1. The van der Waals surface area contributed by atoms with Crippen LogP contribution in [0.2, 0.25) is 0 Å². The second kappa shape index (κ2) is 5.66. The summed E-state index contributed by atoms with van der Waals surface area (Å²) < 4.78 is 34.9. The van der Waals surface area contributed by atoms with E-state index in [-0.39, 0.29) is 5.82 Å². The molecule has 0 saturated carbocycles. The van der Waals surface area contributed by atoms with Crippen LogP contribution in [0.25, 0.3) is 10.4 Å². The second-order valence-corrected chi connectivity index (χ2v) is 4.33. The maximum Gasteiger partial charge on any atom is 0.351 e. The molecule has 1 aromatic rings. The summed E-state index contributed by atoms with van der Waals surface area (Å²) in [6, 6.07) is 1.17. The molecular weight excluding hydrogens is 287 g/mol. The summed E-state index contributed by atoms with van der Waals surface area (Å²) in [6.45, 7) is -4.16. The molecule has 4 atom stereocenters. The number of rotatable bonds is 4. The molecule has 4 N–H and O–H groups in total. The Morgan fingerprint density at radius 2 is 2.52 bits per heavy atom. The molecule has 114 valence electrons. The molecule has 2 heterocycles. The van der Waals surface area contributed by atoms with E-state index in [1.165, 1.54) is 6.07 Å². The molecule has 10 nitrogen and oxygen atoms in total. The average molecular weight is 302 g/mol. The molecule has 0 aromatic carbocycles. The largest absolute Gasteiger partial charge is 0.393 e. The Morgan fingerprint density at radius 3 is 3.10 bits per heavy atom. The Balaban J connectivity index is 2.50. The number of nitrogens with zero attached hydrogens (tertiary/aromatic N) is 5. The van der Waals surface area contributed by atoms with E-state index in [4.69, 9.17) is 18.7 Å². The summed E-state index contributed by atoms with van der Waals surface area (Å²) in [5.41, 5.74) is 10.1. The number of nitrogens with two attached hydrogens (primary N) is 1. The third-order valence-electron chi connectivity index (χ3n) is 3.07. The number of alkyl halides is 1. The highest BCUT2D eigenvalue weighted by Gasteiger charge is 2.55. The average Bonchev–Trinajstić information content (AvgIpc) is 2.70. The van der Waals surface area contributed by atoms with Crippen molar-refractivity contribution in [3.8, 4) is 0 Å². The van der Waals surface area contributed by atoms with Crippen LogP contribution in [0.5, 0.6) is 0 Å². The van der Waals surface area contributed by atoms with Gasteiger partial charge in [0.2, 0.25) is 0 Å². The van der Waals surface area contributed by atoms with Gasteiger partial charge < -0.3 is 20.7 Å². The normalized spacial score (nSPS) is 34.0. The molecule has 1 aliphatic rings. The Bertz CT molecular complexity index is 705. The minimum Gasteiger partial charge on any atom is -0.393 e. The van der Waals surface area contributed by atoms with Gasteiger partial charge in [-0.2, -0.15) is 4.98 Å². The van der Waals surface area contributed by atoms with Crippen LogP contribution in [-0.2, 0) is 4.74 Å². The van der Waals surface area contributed by atoms with Crippen molar-refractivity contribution in [2.75, 3.05) is 18.8 Å². The van der Waals surface area contributed by atoms with Gasteiger partial charge in [-0.15, -0.1) is 0 Å². The van der Waals surface area contributed by atoms with Gasteiger partial charge in [0.05, 0.1) is 15.8 Å². The first-order valence-electron chi connectivity index (χ1n) is 6.72. The molecular formula is C10H13FN6O4. The van der Waals surface area contributed by atoms with Gasteiger partial charge in [0.15, 0.2) is 12.4 Å². The van der Waals surface area contributed by atoms with Gasteiger partial charge in [0.1, 0.15) is 17.5 Å². The van der Waals surface area contributed by atoms with Crippen LogP contribution in [-0.4, -0.2) is 50.7 Å². The second-order valence-electron chi connectivity index (χ2n) is 4.33. The van der Waals surface area contributed by atoms with E-state index in [2.05, 4.69) is 15.0 Å². The minimum absolute atomic E-state index is 0.127. The highest BCUT2D eigenvalue weighted by molar-refractivity contribution is 5.23. The van der Waals surface area contributed by atoms with Crippen molar-refractivity contribution in [2.45, 2.75) is 24.1 Å². The lowest BCUT2D eigenvalue weighted by molar-refractivity contribution is -0.122. The molecule has 0 unspecified atom stereocenters. The standard InChI is InChI=1S/C10H13FN6O4/c11-6-7(19)10(4-18,3-14-16-13)21-8(6)17-2-1-5(12)15-9(17)20/h1-2,6-8,18-19H,3-4H2,(H2,12,15,20)/t6-,7+,8-,10-/m1/s1/i4D2. The molecule has 0 bridgehead atoms. The lowest BCUT2D eigenvalue weighted by Gasteiger charge is -2.27. The first kappa shape index (κ1) is 12.5. The lowest BCUT2D eigenvalue weighted by atomic mass is 9.97. The lowest BCUT2D eigenvalue weighted by Crippen LogP contribution is -2.48. The molecule has 2 rings (SSSR count). The zero-order chi connectivity index (χ0) is 17.4. The van der Waals surface area contributed by atoms with Crippen LogP contribution in [0.3, 0.4) is 0 Å². The Kier molecular flexibility index (Phi) is 3.38. The fraction of sp³-hybridized carbons (Fsp3) is 0.600. The van der Waals surface area contributed by atoms with Crippen molar-refractivity contribution in [1.29, 1.82) is 0 Å². The molecule has 1 aliphatic heterocycles. The third kappa shape index (κ3) is 2.54. The van der Waals surface area contributed by atoms with Crippen molar-refractivity contribution in [1.82, 2.24) is 9.55 Å². The van der Waals surface area contributed by atoms with Gasteiger partial charge in [0.25, 0.3) is 0 Å². The molecule has 1 fully saturated rings. The van der Waals surface area contributed by atoms with Crippen molar-refractivity contribution in [3.63, 3.8) is 0 Å². The maximum atomic E-state index is 14.4. The van der Waals surface area contributed by atoms with Crippen LogP contribution in [0, 0.1) is 0 Å². The monoisotopic (exact) mass is 302 g/mol. The Labute approximate surface area is 120 Å². The van der Waals surface area contributed by atoms with Crippen LogP contribution in [0.4, 0.5) is 10.2 Å². The number of anilines is 1. The van der Waals surface area contributed by atoms with Gasteiger partial charge in [-0.05, 0) is 11.6 Å². The van der Waals surface area contributed by atoms with E-state index in [1.807, 2.05) is 0 Å². The van der Waals surface area contributed by atoms with Gasteiger partial charge in [0, 0.05) is 11.1 Å². The molecule has 1 aromatic heterocycles. The number of aliphatic hydroxyl groups is 2. The number of aliphatic hydroxyl groups excluding tert-OH is 1. The quantitative estimate of drug-likeness (QED) is 0.371. The van der Waals surface area contributed by atoms with Gasteiger partial charge in [-0.3, -0.25) is 4.57 Å². The fourth-order valence-electron chi connectivity index (χ4n) is 1.99. The van der Waals surface area contributed by atoms with Crippen molar-refractivity contribution in [3.05, 3.63) is 33.2 Å². The highest BCUT2D eigenvalue weighted by atomic mass is 19.1. The van der Waals surface area contributed by atoms with Crippen LogP contribution >= 0.6 is 0 Å². The van der Waals surface area contributed by atoms with E-state index >= 15 is 0 Å². The van der Waals surface area contributed by atoms with Crippen LogP contribution < -0.4 is 11.4 Å². The Morgan fingerprint density at radius 1 is 1.81 bits per heavy atom. The van der Waals surface area contributed by atoms with Gasteiger partial charge >= 0.3 is 5.69 Å². The molecule has 0 aliphatic carbocycles. The van der Waals surface area contributed by atoms with Gasteiger partial charge in [-0.25, -0.2) is 9.18 Å². The topological polar surface area (TPSA) is 159 Å². The van der Waals surface area contributed by atoms with E-state index in [9.17, 15) is 19.4 Å². The van der Waals surface area contributed by atoms with Gasteiger partial charge in [-0.1, -0.05) is 5.11 Å². The number of hydrogen-bond donors (Lipinski definition) is 3. The smallest absolute Gasteiger partial charge is 0.351 e. The van der Waals surface area contributed by atoms with Crippen LogP contribution in [0.1, 0.15) is 8.97 Å². The SMILES string of the molecule is [2H]C([2H])(O)[C@@]1(CN=[N+]=[N-])O[C@@H](n2ccc(N)nc2=O)[C@H](F)[C@@H]1O. The molecule has 11 heteroatoms. The summed E-state index contributed by atoms with van der Waals surface area (Å²) in [4.78, 5) is 17.5. The number of nitrogen functional groups attached to an aromatic ring is 1. The van der Waals surface area contributed by atoms with E-state index in [0.29, 0.717) is 4.57 Å². The Hall–Kier alpha value is -2.20. The fourth-order valence-corrected chi connectivity index (χ4v) is 1.99. The minimum atomic E-state index is -3.26. The zero-order valence-corrected chi connectivity index (χ0v) is 10.5. The van der Waals surface area contributed by atoms with Crippen molar-refractivity contribution < 1.29 is 22.1 Å². The van der Waals surface area contributed by atoms with E-state index in [0.717, 1.165) is 6.20 Å².